The van der Waals surface area contributed by atoms with E-state index >= 15 is 0 Å². The Labute approximate surface area is 492 Å². The summed E-state index contributed by atoms with van der Waals surface area (Å²) in [6.45, 7) is 1.74. The Hall–Kier alpha value is -1.73. The molecule has 3 heterocycles. The first kappa shape index (κ1) is 74.5. The van der Waals surface area contributed by atoms with Gasteiger partial charge in [0.2, 0.25) is 5.91 Å². The molecule has 3 rings (SSSR count). The van der Waals surface area contributed by atoms with E-state index in [-0.39, 0.29) is 18.9 Å². The highest BCUT2D eigenvalue weighted by Gasteiger charge is 2.53. The SMILES string of the molecule is CCCCCCC/C=C\C/C=C\CCCCCCCCCCCCCCCCCCCC(=O)NC(COC1OC(CO)C(OC2OC(CO)C(OC3OC(CO)C(O)C(O)C3O)C(O)C2O)C(O)C1O)C(O)CCCCCCCCCC. The summed E-state index contributed by atoms with van der Waals surface area (Å²) in [6.07, 6.45) is 23.1. The third kappa shape index (κ3) is 29.3. The molecular weight excluding hydrogens is 1060 g/mol. The molecule has 82 heavy (non-hydrogen) atoms. The van der Waals surface area contributed by atoms with E-state index in [2.05, 4.69) is 43.5 Å². The monoisotopic (exact) mass is 1180 g/mol. The Kier molecular flexibility index (Phi) is 42.2. The van der Waals surface area contributed by atoms with Crippen molar-refractivity contribution in [3.63, 3.8) is 0 Å². The summed E-state index contributed by atoms with van der Waals surface area (Å²) in [5.74, 6) is -0.244. The van der Waals surface area contributed by atoms with E-state index in [1.807, 2.05) is 0 Å². The lowest BCUT2D eigenvalue weighted by Gasteiger charge is -2.48. The van der Waals surface area contributed by atoms with Crippen LogP contribution in [0.5, 0.6) is 0 Å². The number of allylic oxidation sites excluding steroid dienone is 4. The summed E-state index contributed by atoms with van der Waals surface area (Å²) < 4.78 is 34.3. The molecule has 3 aliphatic rings. The summed E-state index contributed by atoms with van der Waals surface area (Å²) in [4.78, 5) is 13.3. The topological polar surface area (TPSA) is 307 Å². The van der Waals surface area contributed by atoms with Crippen LogP contribution in [0.4, 0.5) is 0 Å². The second-order valence-corrected chi connectivity index (χ2v) is 23.6. The summed E-state index contributed by atoms with van der Waals surface area (Å²) in [5, 5.41) is 120. The van der Waals surface area contributed by atoms with Gasteiger partial charge in [-0.2, -0.15) is 0 Å². The third-order valence-electron chi connectivity index (χ3n) is 16.5. The molecule has 0 radical (unpaired) electrons. The third-order valence-corrected chi connectivity index (χ3v) is 16.5. The quantitative estimate of drug-likeness (QED) is 0.0213. The van der Waals surface area contributed by atoms with Crippen LogP contribution in [-0.4, -0.2) is 193 Å². The number of rotatable bonds is 49. The minimum absolute atomic E-state index is 0.244. The van der Waals surface area contributed by atoms with Crippen molar-refractivity contribution in [3.8, 4) is 0 Å². The van der Waals surface area contributed by atoms with Gasteiger partial charge in [-0.25, -0.2) is 0 Å². The number of carbonyl (C=O) groups is 1. The molecule has 0 bridgehead atoms. The predicted molar refractivity (Wildman–Crippen MR) is 314 cm³/mol. The molecule has 0 spiro atoms. The number of hydrogen-bond acceptors (Lipinski definition) is 18. The molecular formula is C63H117NO18. The summed E-state index contributed by atoms with van der Waals surface area (Å²) in [7, 11) is 0. The zero-order chi connectivity index (χ0) is 59.7. The molecule has 19 nitrogen and oxygen atoms in total. The summed E-state index contributed by atoms with van der Waals surface area (Å²) in [5.41, 5.74) is 0. The van der Waals surface area contributed by atoms with Gasteiger partial charge in [0.15, 0.2) is 18.9 Å². The fourth-order valence-electron chi connectivity index (χ4n) is 11.2. The Bertz CT molecular complexity index is 1590. The highest BCUT2D eigenvalue weighted by molar-refractivity contribution is 5.76. The van der Waals surface area contributed by atoms with E-state index in [4.69, 9.17) is 28.4 Å². The first-order chi connectivity index (χ1) is 39.8. The average Bonchev–Trinajstić information content (AvgIpc) is 3.60. The molecule has 482 valence electrons. The Morgan fingerprint density at radius 1 is 0.439 bits per heavy atom. The molecule has 12 N–H and O–H groups in total. The van der Waals surface area contributed by atoms with Gasteiger partial charge >= 0.3 is 0 Å². The van der Waals surface area contributed by atoms with Gasteiger partial charge in [-0.05, 0) is 44.9 Å². The summed E-state index contributed by atoms with van der Waals surface area (Å²) >= 11 is 0. The highest BCUT2D eigenvalue weighted by Crippen LogP contribution is 2.33. The van der Waals surface area contributed by atoms with Crippen molar-refractivity contribution in [3.05, 3.63) is 24.3 Å². The highest BCUT2D eigenvalue weighted by atomic mass is 16.8. The number of aliphatic hydroxyl groups is 11. The normalized spacial score (nSPS) is 29.7. The smallest absolute Gasteiger partial charge is 0.220 e. The molecule has 19 heteroatoms. The maximum absolute atomic E-state index is 13.3. The van der Waals surface area contributed by atoms with Gasteiger partial charge < -0.3 is 89.9 Å². The molecule has 1 amide bonds. The second-order valence-electron chi connectivity index (χ2n) is 23.6. The van der Waals surface area contributed by atoms with Crippen LogP contribution in [0.2, 0.25) is 0 Å². The number of hydrogen-bond donors (Lipinski definition) is 12. The number of carbonyl (C=O) groups excluding carboxylic acids is 1. The molecule has 0 aromatic rings. The van der Waals surface area contributed by atoms with Crippen LogP contribution < -0.4 is 5.32 Å². The lowest BCUT2D eigenvalue weighted by Crippen LogP contribution is -2.66. The first-order valence-electron chi connectivity index (χ1n) is 32.6. The van der Waals surface area contributed by atoms with Gasteiger partial charge in [0.25, 0.3) is 0 Å². The lowest BCUT2D eigenvalue weighted by atomic mass is 9.96. The maximum Gasteiger partial charge on any atom is 0.220 e. The van der Waals surface area contributed by atoms with Gasteiger partial charge in [-0.1, -0.05) is 212 Å². The number of aliphatic hydroxyl groups excluding tert-OH is 11. The van der Waals surface area contributed by atoms with E-state index < -0.39 is 124 Å². The minimum atomic E-state index is -1.97. The van der Waals surface area contributed by atoms with Crippen molar-refractivity contribution in [2.75, 3.05) is 26.4 Å². The Morgan fingerprint density at radius 3 is 1.24 bits per heavy atom. The lowest BCUT2D eigenvalue weighted by molar-refractivity contribution is -0.379. The van der Waals surface area contributed by atoms with E-state index in [1.165, 1.54) is 154 Å². The number of ether oxygens (including phenoxy) is 6. The van der Waals surface area contributed by atoms with Crippen LogP contribution >= 0.6 is 0 Å². The van der Waals surface area contributed by atoms with Crippen molar-refractivity contribution in [1.29, 1.82) is 0 Å². The van der Waals surface area contributed by atoms with Crippen LogP contribution in [0.3, 0.4) is 0 Å². The fraction of sp³-hybridized carbons (Fsp3) is 0.921. The van der Waals surface area contributed by atoms with E-state index in [0.29, 0.717) is 12.8 Å². The van der Waals surface area contributed by atoms with Gasteiger partial charge in [-0.3, -0.25) is 4.79 Å². The van der Waals surface area contributed by atoms with Gasteiger partial charge in [-0.15, -0.1) is 0 Å². The van der Waals surface area contributed by atoms with Crippen LogP contribution in [0.15, 0.2) is 24.3 Å². The van der Waals surface area contributed by atoms with Crippen molar-refractivity contribution >= 4 is 5.91 Å². The Morgan fingerprint density at radius 2 is 0.805 bits per heavy atom. The van der Waals surface area contributed by atoms with Crippen molar-refractivity contribution in [1.82, 2.24) is 5.32 Å². The van der Waals surface area contributed by atoms with Crippen molar-refractivity contribution < 1.29 is 89.4 Å². The summed E-state index contributed by atoms with van der Waals surface area (Å²) in [6, 6.07) is -0.882. The van der Waals surface area contributed by atoms with Gasteiger partial charge in [0, 0.05) is 6.42 Å². The maximum atomic E-state index is 13.3. The minimum Gasteiger partial charge on any atom is -0.394 e. The molecule has 0 aromatic carbocycles. The zero-order valence-corrected chi connectivity index (χ0v) is 50.5. The van der Waals surface area contributed by atoms with Gasteiger partial charge in [0.1, 0.15) is 73.2 Å². The van der Waals surface area contributed by atoms with E-state index in [1.54, 1.807) is 0 Å². The second kappa shape index (κ2) is 46.4. The molecule has 17 unspecified atom stereocenters. The van der Waals surface area contributed by atoms with Gasteiger partial charge in [0.05, 0.1) is 38.6 Å². The fourth-order valence-corrected chi connectivity index (χ4v) is 11.2. The molecule has 0 saturated carbocycles. The molecule has 3 saturated heterocycles. The van der Waals surface area contributed by atoms with Crippen LogP contribution in [-0.2, 0) is 33.2 Å². The average molecular weight is 1180 g/mol. The van der Waals surface area contributed by atoms with Crippen molar-refractivity contribution in [2.24, 2.45) is 0 Å². The largest absolute Gasteiger partial charge is 0.394 e. The van der Waals surface area contributed by atoms with E-state index in [9.17, 15) is 61.0 Å². The number of unbranched alkanes of at least 4 members (excludes halogenated alkanes) is 29. The molecule has 3 fully saturated rings. The molecule has 0 aliphatic carbocycles. The predicted octanol–water partition coefficient (Wildman–Crippen LogP) is 7.10. The Balaban J connectivity index is 1.35. The standard InChI is InChI=1S/C63H117NO18/c1-3-5-7-9-11-13-14-15-16-17-18-19-20-21-22-23-24-25-26-27-28-29-30-31-32-33-35-37-39-41-51(69)64-46(47(68)40-38-36-34-12-10-8-6-4-2)45-77-61-57(75)54(72)59(49(43-66)79-61)82-63-58(76)55(73)60(50(44-67)80-63)81-62-56(74)53(71)52(70)48(42-65)78-62/h14-15,17-18,46-50,52-63,65-68,70-76H,3-13,16,19-45H2,1-2H3,(H,64,69)/b15-14-,18-17-. The number of amides is 1. The molecule has 0 aromatic heterocycles. The number of nitrogens with one attached hydrogen (secondary N) is 1. The zero-order valence-electron chi connectivity index (χ0n) is 50.5. The van der Waals surface area contributed by atoms with Crippen molar-refractivity contribution in [2.45, 2.75) is 343 Å². The van der Waals surface area contributed by atoms with Crippen LogP contribution in [0, 0.1) is 0 Å². The van der Waals surface area contributed by atoms with Crippen LogP contribution in [0.25, 0.3) is 0 Å². The molecule has 17 atom stereocenters. The van der Waals surface area contributed by atoms with Crippen LogP contribution in [0.1, 0.15) is 239 Å². The molecule has 3 aliphatic heterocycles. The first-order valence-corrected chi connectivity index (χ1v) is 32.6. The van der Waals surface area contributed by atoms with E-state index in [0.717, 1.165) is 51.4 Å².